The van der Waals surface area contributed by atoms with Gasteiger partial charge in [0.15, 0.2) is 0 Å². The zero-order valence-electron chi connectivity index (χ0n) is 13.3. The van der Waals surface area contributed by atoms with Crippen molar-refractivity contribution in [1.82, 2.24) is 4.98 Å². The molecule has 0 fully saturated rings. The van der Waals surface area contributed by atoms with E-state index >= 15 is 0 Å². The average Bonchev–Trinajstić information content (AvgIpc) is 3.40. The second-order valence-corrected chi connectivity index (χ2v) is 7.20. The molecule has 3 aromatic heterocycles. The Morgan fingerprint density at radius 2 is 2.08 bits per heavy atom. The lowest BCUT2D eigenvalue weighted by Crippen LogP contribution is -1.80. The van der Waals surface area contributed by atoms with Crippen molar-refractivity contribution in [3.63, 3.8) is 0 Å². The van der Waals surface area contributed by atoms with E-state index in [1.165, 1.54) is 23.5 Å². The molecule has 3 heterocycles. The molecule has 1 aromatic carbocycles. The first-order valence-corrected chi connectivity index (χ1v) is 9.46. The van der Waals surface area contributed by atoms with Crippen LogP contribution in [0.15, 0.2) is 63.7 Å². The maximum absolute atomic E-state index is 13.4. The Morgan fingerprint density at radius 1 is 1.15 bits per heavy atom. The van der Waals surface area contributed by atoms with Crippen molar-refractivity contribution >= 4 is 34.3 Å². The van der Waals surface area contributed by atoms with Crippen LogP contribution in [0, 0.1) is 17.1 Å². The Bertz CT molecular complexity index is 1120. The number of thiazole rings is 1. The van der Waals surface area contributed by atoms with Gasteiger partial charge >= 0.3 is 0 Å². The van der Waals surface area contributed by atoms with Crippen LogP contribution in [-0.4, -0.2) is 4.98 Å². The van der Waals surface area contributed by atoms with Crippen molar-refractivity contribution in [2.45, 2.75) is 0 Å². The van der Waals surface area contributed by atoms with E-state index in [1.54, 1.807) is 41.7 Å². The molecule has 0 aliphatic heterocycles. The highest BCUT2D eigenvalue weighted by Gasteiger charge is 2.11. The number of aromatic nitrogens is 1. The minimum absolute atomic E-state index is 0.322. The maximum atomic E-state index is 13.4. The molecule has 0 saturated heterocycles. The molecule has 0 aliphatic carbocycles. The van der Waals surface area contributed by atoms with E-state index in [9.17, 15) is 9.65 Å². The summed E-state index contributed by atoms with van der Waals surface area (Å²) in [5.41, 5.74) is 1.94. The van der Waals surface area contributed by atoms with Crippen molar-refractivity contribution in [3.05, 3.63) is 75.9 Å². The first kappa shape index (κ1) is 16.5. The number of thiophene rings is 1. The molecule has 0 spiro atoms. The van der Waals surface area contributed by atoms with E-state index in [1.807, 2.05) is 22.9 Å². The summed E-state index contributed by atoms with van der Waals surface area (Å²) in [6.07, 6.45) is 1.65. The largest absolute Gasteiger partial charge is 0.457 e. The van der Waals surface area contributed by atoms with E-state index in [0.717, 1.165) is 10.6 Å². The molecular weight excluding hydrogens is 367 g/mol. The minimum Gasteiger partial charge on any atom is -0.457 e. The molecule has 0 bridgehead atoms. The molecule has 0 amide bonds. The number of benzene rings is 1. The molecule has 126 valence electrons. The Labute approximate surface area is 157 Å². The van der Waals surface area contributed by atoms with Crippen LogP contribution < -0.4 is 0 Å². The van der Waals surface area contributed by atoms with Crippen molar-refractivity contribution < 1.29 is 8.81 Å². The maximum Gasteiger partial charge on any atom is 0.134 e. The van der Waals surface area contributed by atoms with Gasteiger partial charge in [0.2, 0.25) is 0 Å². The van der Waals surface area contributed by atoms with Gasteiger partial charge < -0.3 is 4.42 Å². The molecule has 0 atom stereocenters. The van der Waals surface area contributed by atoms with Gasteiger partial charge in [0, 0.05) is 17.0 Å². The molecule has 4 aromatic rings. The number of nitrogens with zero attached hydrogens (tertiary/aromatic N) is 2. The second-order valence-electron chi connectivity index (χ2n) is 5.40. The van der Waals surface area contributed by atoms with Gasteiger partial charge in [-0.3, -0.25) is 0 Å². The fourth-order valence-corrected chi connectivity index (χ4v) is 3.99. The van der Waals surface area contributed by atoms with Gasteiger partial charge in [-0.15, -0.1) is 22.7 Å². The zero-order valence-corrected chi connectivity index (χ0v) is 15.0. The SMILES string of the molecule is N#C/C(=C\c1ccc(-c2cccc(F)c2)o1)c1nc(-c2cccs2)cs1. The molecule has 3 nitrogen and oxygen atoms in total. The third-order valence-corrected chi connectivity index (χ3v) is 5.42. The van der Waals surface area contributed by atoms with E-state index in [4.69, 9.17) is 4.42 Å². The number of furan rings is 1. The molecule has 0 radical (unpaired) electrons. The summed E-state index contributed by atoms with van der Waals surface area (Å²) in [4.78, 5) is 5.61. The topological polar surface area (TPSA) is 49.8 Å². The highest BCUT2D eigenvalue weighted by atomic mass is 32.1. The van der Waals surface area contributed by atoms with Crippen LogP contribution in [0.1, 0.15) is 10.8 Å². The van der Waals surface area contributed by atoms with Crippen molar-refractivity contribution in [2.24, 2.45) is 0 Å². The first-order chi connectivity index (χ1) is 12.7. The first-order valence-electron chi connectivity index (χ1n) is 7.70. The van der Waals surface area contributed by atoms with E-state index in [2.05, 4.69) is 11.1 Å². The fourth-order valence-electron chi connectivity index (χ4n) is 2.45. The van der Waals surface area contributed by atoms with E-state index < -0.39 is 0 Å². The molecule has 0 unspecified atom stereocenters. The summed E-state index contributed by atoms with van der Waals surface area (Å²) < 4.78 is 19.1. The number of rotatable bonds is 4. The summed E-state index contributed by atoms with van der Waals surface area (Å²) in [6, 6.07) is 15.9. The predicted molar refractivity (Wildman–Crippen MR) is 103 cm³/mol. The quantitative estimate of drug-likeness (QED) is 0.390. The van der Waals surface area contributed by atoms with Gasteiger partial charge in [-0.05, 0) is 35.7 Å². The van der Waals surface area contributed by atoms with E-state index in [0.29, 0.717) is 27.7 Å². The van der Waals surface area contributed by atoms with Crippen LogP contribution in [0.2, 0.25) is 0 Å². The summed E-state index contributed by atoms with van der Waals surface area (Å²) >= 11 is 3.03. The Kier molecular flexibility index (Phi) is 4.48. The fraction of sp³-hybridized carbons (Fsp3) is 0. The van der Waals surface area contributed by atoms with Gasteiger partial charge in [-0.25, -0.2) is 9.37 Å². The molecule has 0 saturated carbocycles. The Balaban J connectivity index is 1.64. The number of halogens is 1. The van der Waals surface area contributed by atoms with Gasteiger partial charge in [0.1, 0.15) is 28.4 Å². The molecule has 26 heavy (non-hydrogen) atoms. The third kappa shape index (κ3) is 3.36. The van der Waals surface area contributed by atoms with Gasteiger partial charge in [0.25, 0.3) is 0 Å². The Morgan fingerprint density at radius 3 is 2.85 bits per heavy atom. The Hall–Kier alpha value is -3.01. The lowest BCUT2D eigenvalue weighted by Gasteiger charge is -1.96. The van der Waals surface area contributed by atoms with Crippen LogP contribution in [0.25, 0.3) is 33.5 Å². The van der Waals surface area contributed by atoms with Gasteiger partial charge in [-0.1, -0.05) is 18.2 Å². The third-order valence-electron chi connectivity index (χ3n) is 3.65. The van der Waals surface area contributed by atoms with Crippen LogP contribution in [0.5, 0.6) is 0 Å². The standard InChI is InChI=1S/C20H11FN2OS2/c21-15-4-1-3-13(9-15)18-7-6-16(24-18)10-14(11-22)20-23-17(12-26-20)19-5-2-8-25-19/h1-10,12H/b14-10+. The summed E-state index contributed by atoms with van der Waals surface area (Å²) in [5.74, 6) is 0.748. The van der Waals surface area contributed by atoms with Gasteiger partial charge in [0.05, 0.1) is 16.1 Å². The number of hydrogen-bond donors (Lipinski definition) is 0. The number of nitriles is 1. The molecule has 0 aliphatic rings. The molecule has 0 N–H and O–H groups in total. The van der Waals surface area contributed by atoms with Gasteiger partial charge in [-0.2, -0.15) is 5.26 Å². The lowest BCUT2D eigenvalue weighted by atomic mass is 10.2. The van der Waals surface area contributed by atoms with Crippen molar-refractivity contribution in [1.29, 1.82) is 5.26 Å². The second kappa shape index (κ2) is 7.08. The van der Waals surface area contributed by atoms with Crippen molar-refractivity contribution in [3.8, 4) is 28.0 Å². The highest BCUT2D eigenvalue weighted by molar-refractivity contribution is 7.14. The molecule has 6 heteroatoms. The summed E-state index contributed by atoms with van der Waals surface area (Å²) in [7, 11) is 0. The molecule has 4 rings (SSSR count). The summed E-state index contributed by atoms with van der Waals surface area (Å²) in [6.45, 7) is 0. The highest BCUT2D eigenvalue weighted by Crippen LogP contribution is 2.30. The number of allylic oxidation sites excluding steroid dienone is 1. The van der Waals surface area contributed by atoms with Crippen LogP contribution >= 0.6 is 22.7 Å². The van der Waals surface area contributed by atoms with Crippen LogP contribution in [0.3, 0.4) is 0 Å². The summed E-state index contributed by atoms with van der Waals surface area (Å²) in [5, 5.41) is 14.1. The monoisotopic (exact) mass is 378 g/mol. The lowest BCUT2D eigenvalue weighted by molar-refractivity contribution is 0.570. The van der Waals surface area contributed by atoms with Crippen LogP contribution in [-0.2, 0) is 0 Å². The smallest absolute Gasteiger partial charge is 0.134 e. The zero-order chi connectivity index (χ0) is 17.9. The van der Waals surface area contributed by atoms with E-state index in [-0.39, 0.29) is 5.82 Å². The average molecular weight is 378 g/mol. The predicted octanol–water partition coefficient (Wildman–Crippen LogP) is 6.33. The number of hydrogen-bond acceptors (Lipinski definition) is 5. The minimum atomic E-state index is -0.322. The van der Waals surface area contributed by atoms with Crippen molar-refractivity contribution in [2.75, 3.05) is 0 Å². The normalized spacial score (nSPS) is 11.5. The van der Waals surface area contributed by atoms with Crippen LogP contribution in [0.4, 0.5) is 4.39 Å². The molecular formula is C20H11FN2OS2.